The van der Waals surface area contributed by atoms with Gasteiger partial charge in [-0.3, -0.25) is 9.59 Å². The first-order valence-electron chi connectivity index (χ1n) is 8.43. The van der Waals surface area contributed by atoms with E-state index < -0.39 is 0 Å². The monoisotopic (exact) mass is 350 g/mol. The number of methoxy groups -OCH3 is 2. The molecule has 0 bridgehead atoms. The highest BCUT2D eigenvalue weighted by Gasteiger charge is 2.24. The van der Waals surface area contributed by atoms with Crippen LogP contribution in [0.1, 0.15) is 23.2 Å². The second-order valence-corrected chi connectivity index (χ2v) is 5.91. The van der Waals surface area contributed by atoms with Crippen molar-refractivity contribution in [2.24, 2.45) is 0 Å². The van der Waals surface area contributed by atoms with Crippen LogP contribution < -0.4 is 10.1 Å². The molecule has 1 aromatic carbocycles. The number of benzene rings is 1. The minimum absolute atomic E-state index is 0.0197. The van der Waals surface area contributed by atoms with Crippen LogP contribution in [0.2, 0.25) is 0 Å². The third-order valence-electron chi connectivity index (χ3n) is 4.17. The van der Waals surface area contributed by atoms with Gasteiger partial charge in [-0.25, -0.2) is 0 Å². The van der Waals surface area contributed by atoms with Crippen molar-refractivity contribution in [2.75, 3.05) is 47.1 Å². The van der Waals surface area contributed by atoms with E-state index in [1.807, 2.05) is 0 Å². The van der Waals surface area contributed by atoms with E-state index in [0.29, 0.717) is 37.6 Å². The fourth-order valence-electron chi connectivity index (χ4n) is 2.70. The van der Waals surface area contributed by atoms with E-state index in [-0.39, 0.29) is 24.5 Å². The molecule has 0 aliphatic carbocycles. The van der Waals surface area contributed by atoms with E-state index in [1.54, 1.807) is 43.4 Å². The predicted octanol–water partition coefficient (Wildman–Crippen LogP) is 1.08. The summed E-state index contributed by atoms with van der Waals surface area (Å²) in [5.74, 6) is 0.516. The summed E-state index contributed by atoms with van der Waals surface area (Å²) in [6.45, 7) is 2.20. The molecule has 0 unspecified atom stereocenters. The predicted molar refractivity (Wildman–Crippen MR) is 92.8 cm³/mol. The first kappa shape index (κ1) is 19.2. The van der Waals surface area contributed by atoms with Gasteiger partial charge in [-0.1, -0.05) is 6.07 Å². The Kier molecular flexibility index (Phi) is 7.69. The van der Waals surface area contributed by atoms with Gasteiger partial charge in [0.25, 0.3) is 5.91 Å². The van der Waals surface area contributed by atoms with Crippen LogP contribution in [0.3, 0.4) is 0 Å². The molecule has 25 heavy (non-hydrogen) atoms. The summed E-state index contributed by atoms with van der Waals surface area (Å²) < 4.78 is 15.3. The van der Waals surface area contributed by atoms with Gasteiger partial charge in [-0.05, 0) is 31.0 Å². The van der Waals surface area contributed by atoms with Gasteiger partial charge < -0.3 is 24.4 Å². The average Bonchev–Trinajstić information content (AvgIpc) is 2.65. The van der Waals surface area contributed by atoms with Gasteiger partial charge in [0.15, 0.2) is 0 Å². The molecule has 1 saturated heterocycles. The van der Waals surface area contributed by atoms with Crippen LogP contribution in [0.4, 0.5) is 0 Å². The molecular formula is C18H26N2O5. The molecule has 2 rings (SSSR count). The van der Waals surface area contributed by atoms with Gasteiger partial charge in [-0.15, -0.1) is 0 Å². The number of piperidine rings is 1. The number of likely N-dealkylation sites (tertiary alicyclic amines) is 1. The zero-order chi connectivity index (χ0) is 18.1. The minimum atomic E-state index is -0.119. The van der Waals surface area contributed by atoms with Crippen molar-refractivity contribution in [2.45, 2.75) is 18.9 Å². The Bertz CT molecular complexity index is 570. The van der Waals surface area contributed by atoms with Crippen molar-refractivity contribution in [1.29, 1.82) is 0 Å². The molecular weight excluding hydrogens is 324 g/mol. The van der Waals surface area contributed by atoms with Crippen LogP contribution in [-0.2, 0) is 14.3 Å². The van der Waals surface area contributed by atoms with Crippen molar-refractivity contribution in [3.05, 3.63) is 29.8 Å². The molecule has 7 nitrogen and oxygen atoms in total. The molecule has 0 aromatic heterocycles. The van der Waals surface area contributed by atoms with Gasteiger partial charge >= 0.3 is 0 Å². The molecule has 0 saturated carbocycles. The van der Waals surface area contributed by atoms with E-state index >= 15 is 0 Å². The highest BCUT2D eigenvalue weighted by atomic mass is 16.5. The smallest absolute Gasteiger partial charge is 0.251 e. The van der Waals surface area contributed by atoms with Crippen LogP contribution in [-0.4, -0.2) is 69.9 Å². The molecule has 1 aliphatic rings. The lowest BCUT2D eigenvalue weighted by atomic mass is 10.0. The first-order valence-corrected chi connectivity index (χ1v) is 8.43. The molecule has 1 aromatic rings. The van der Waals surface area contributed by atoms with E-state index in [2.05, 4.69) is 5.32 Å². The minimum Gasteiger partial charge on any atom is -0.497 e. The van der Waals surface area contributed by atoms with Gasteiger partial charge in [0.1, 0.15) is 12.4 Å². The number of hydrogen-bond donors (Lipinski definition) is 1. The van der Waals surface area contributed by atoms with Crippen LogP contribution in [0.15, 0.2) is 24.3 Å². The van der Waals surface area contributed by atoms with E-state index in [4.69, 9.17) is 14.2 Å². The van der Waals surface area contributed by atoms with Gasteiger partial charge in [0.2, 0.25) is 5.91 Å². The summed E-state index contributed by atoms with van der Waals surface area (Å²) in [4.78, 5) is 26.1. The lowest BCUT2D eigenvalue weighted by Gasteiger charge is -2.32. The number of nitrogens with zero attached hydrogens (tertiary/aromatic N) is 1. The van der Waals surface area contributed by atoms with Crippen molar-refractivity contribution in [3.63, 3.8) is 0 Å². The van der Waals surface area contributed by atoms with Crippen molar-refractivity contribution in [3.8, 4) is 5.75 Å². The number of carbonyl (C=O) groups is 2. The van der Waals surface area contributed by atoms with E-state index in [1.165, 1.54) is 0 Å². The number of nitrogens with one attached hydrogen (secondary N) is 1. The lowest BCUT2D eigenvalue weighted by Crippen LogP contribution is -2.47. The molecule has 0 atom stereocenters. The highest BCUT2D eigenvalue weighted by molar-refractivity contribution is 5.94. The topological polar surface area (TPSA) is 77.1 Å². The number of rotatable bonds is 8. The summed E-state index contributed by atoms with van der Waals surface area (Å²) in [7, 11) is 3.17. The van der Waals surface area contributed by atoms with Crippen LogP contribution >= 0.6 is 0 Å². The van der Waals surface area contributed by atoms with Gasteiger partial charge in [0, 0.05) is 31.8 Å². The Morgan fingerprint density at radius 1 is 1.20 bits per heavy atom. The van der Waals surface area contributed by atoms with Crippen molar-refractivity contribution >= 4 is 11.8 Å². The second kappa shape index (κ2) is 10.0. The molecule has 1 N–H and O–H groups in total. The third-order valence-corrected chi connectivity index (χ3v) is 4.17. The third kappa shape index (κ3) is 6.03. The SMILES string of the molecule is COCCOCC(=O)N1CCC(NC(=O)c2cccc(OC)c2)CC1. The molecule has 0 radical (unpaired) electrons. The first-order chi connectivity index (χ1) is 12.1. The maximum absolute atomic E-state index is 12.3. The Labute approximate surface area is 148 Å². The van der Waals surface area contributed by atoms with E-state index in [9.17, 15) is 9.59 Å². The maximum Gasteiger partial charge on any atom is 0.251 e. The maximum atomic E-state index is 12.3. The Morgan fingerprint density at radius 2 is 1.96 bits per heavy atom. The largest absolute Gasteiger partial charge is 0.497 e. The Hall–Kier alpha value is -2.12. The van der Waals surface area contributed by atoms with Crippen molar-refractivity contribution < 1.29 is 23.8 Å². The normalized spacial score (nSPS) is 15.0. The standard InChI is InChI=1S/C18H26N2O5/c1-23-10-11-25-13-17(21)20-8-6-15(7-9-20)19-18(22)14-4-3-5-16(12-14)24-2/h3-5,12,15H,6-11,13H2,1-2H3,(H,19,22). The highest BCUT2D eigenvalue weighted by Crippen LogP contribution is 2.15. The van der Waals surface area contributed by atoms with Gasteiger partial charge in [-0.2, -0.15) is 0 Å². The van der Waals surface area contributed by atoms with Crippen molar-refractivity contribution in [1.82, 2.24) is 10.2 Å². The van der Waals surface area contributed by atoms with Gasteiger partial charge in [0.05, 0.1) is 20.3 Å². The molecule has 7 heteroatoms. The Balaban J connectivity index is 1.74. The van der Waals surface area contributed by atoms with Crippen LogP contribution in [0, 0.1) is 0 Å². The summed E-state index contributed by atoms with van der Waals surface area (Å²) in [6.07, 6.45) is 1.47. The summed E-state index contributed by atoms with van der Waals surface area (Å²) >= 11 is 0. The van der Waals surface area contributed by atoms with Crippen LogP contribution in [0.25, 0.3) is 0 Å². The molecule has 1 heterocycles. The molecule has 2 amide bonds. The second-order valence-electron chi connectivity index (χ2n) is 5.91. The zero-order valence-electron chi connectivity index (χ0n) is 14.8. The fraction of sp³-hybridized carbons (Fsp3) is 0.556. The Morgan fingerprint density at radius 3 is 2.64 bits per heavy atom. The summed E-state index contributed by atoms with van der Waals surface area (Å²) in [5, 5.41) is 3.03. The molecule has 138 valence electrons. The summed E-state index contributed by atoms with van der Waals surface area (Å²) in [6, 6.07) is 7.13. The lowest BCUT2D eigenvalue weighted by molar-refractivity contribution is -0.137. The zero-order valence-corrected chi connectivity index (χ0v) is 14.8. The average molecular weight is 350 g/mol. The van der Waals surface area contributed by atoms with Crippen LogP contribution in [0.5, 0.6) is 5.75 Å². The number of hydrogen-bond acceptors (Lipinski definition) is 5. The fourth-order valence-corrected chi connectivity index (χ4v) is 2.70. The number of amides is 2. The number of ether oxygens (including phenoxy) is 3. The molecule has 1 fully saturated rings. The number of carbonyl (C=O) groups excluding carboxylic acids is 2. The summed E-state index contributed by atoms with van der Waals surface area (Å²) in [5.41, 5.74) is 0.574. The quantitative estimate of drug-likeness (QED) is 0.710. The molecule has 0 spiro atoms. The molecule has 1 aliphatic heterocycles. The van der Waals surface area contributed by atoms with E-state index in [0.717, 1.165) is 12.8 Å².